The predicted molar refractivity (Wildman–Crippen MR) is 220 cm³/mol. The van der Waals surface area contributed by atoms with Gasteiger partial charge in [0.2, 0.25) is 0 Å². The van der Waals surface area contributed by atoms with Crippen LogP contribution in [0, 0.1) is 22.8 Å². The van der Waals surface area contributed by atoms with E-state index < -0.39 is 0 Å². The van der Waals surface area contributed by atoms with Crippen LogP contribution in [0.1, 0.15) is 113 Å². The van der Waals surface area contributed by atoms with Gasteiger partial charge in [-0.2, -0.15) is 11.3 Å². The Bertz CT molecular complexity index is 2170. The van der Waals surface area contributed by atoms with Crippen LogP contribution in [0.2, 0.25) is 0 Å². The zero-order valence-corrected chi connectivity index (χ0v) is 36.9. The van der Waals surface area contributed by atoms with Gasteiger partial charge in [-0.05, 0) is 76.6 Å². The number of thiophene rings is 3. The molecule has 0 amide bonds. The van der Waals surface area contributed by atoms with Crippen LogP contribution < -0.4 is 0 Å². The van der Waals surface area contributed by atoms with E-state index in [0.717, 1.165) is 53.6 Å². The smallest absolute Gasteiger partial charge is 0.164 e. The minimum absolute atomic E-state index is 0. The first-order valence-corrected chi connectivity index (χ1v) is 20.6. The van der Waals surface area contributed by atoms with E-state index in [-0.39, 0.29) is 47.9 Å². The summed E-state index contributed by atoms with van der Waals surface area (Å²) in [6.45, 7) is 23.5. The number of carbonyl (C=O) groups is 1. The maximum absolute atomic E-state index is 12.2. The van der Waals surface area contributed by atoms with Gasteiger partial charge in [0.1, 0.15) is 12.1 Å². The summed E-state index contributed by atoms with van der Waals surface area (Å²) in [4.78, 5) is 21.8. The van der Waals surface area contributed by atoms with Gasteiger partial charge in [0.05, 0.1) is 5.52 Å². The van der Waals surface area contributed by atoms with Gasteiger partial charge < -0.3 is 5.11 Å². The second-order valence-corrected chi connectivity index (χ2v) is 18.5. The third-order valence-electron chi connectivity index (χ3n) is 10.8. The van der Waals surface area contributed by atoms with Crippen LogP contribution in [0.4, 0.5) is 0 Å². The maximum atomic E-state index is 12.2. The van der Waals surface area contributed by atoms with Gasteiger partial charge in [0.25, 0.3) is 0 Å². The average Bonchev–Trinajstić information content (AvgIpc) is 3.83. The van der Waals surface area contributed by atoms with Gasteiger partial charge in [0, 0.05) is 67.6 Å². The largest absolute Gasteiger partial charge is 0.512 e. The number of ketones is 1. The van der Waals surface area contributed by atoms with Crippen LogP contribution in [0.3, 0.4) is 0 Å². The summed E-state index contributed by atoms with van der Waals surface area (Å²) in [6, 6.07) is 12.7. The van der Waals surface area contributed by atoms with Crippen LogP contribution in [0.5, 0.6) is 0 Å². The van der Waals surface area contributed by atoms with Gasteiger partial charge in [0.15, 0.2) is 5.78 Å². The van der Waals surface area contributed by atoms with Crippen molar-refractivity contribution in [3.05, 3.63) is 70.4 Å². The number of aliphatic hydroxyl groups is 1. The van der Waals surface area contributed by atoms with E-state index in [9.17, 15) is 9.90 Å². The zero-order chi connectivity index (χ0) is 36.6. The minimum Gasteiger partial charge on any atom is -0.512 e. The van der Waals surface area contributed by atoms with E-state index in [2.05, 4.69) is 75.7 Å². The van der Waals surface area contributed by atoms with Crippen molar-refractivity contribution in [2.45, 2.75) is 114 Å². The minimum atomic E-state index is -0.337. The van der Waals surface area contributed by atoms with Gasteiger partial charge in [-0.25, -0.2) is 4.98 Å². The van der Waals surface area contributed by atoms with E-state index in [1.165, 1.54) is 47.5 Å². The number of nitrogens with zero attached hydrogens (tertiary/aromatic N) is 2. The summed E-state index contributed by atoms with van der Waals surface area (Å²) < 4.78 is 5.12. The number of carbonyl (C=O) groups excluding carboxylic acids is 1. The van der Waals surface area contributed by atoms with Crippen LogP contribution in [-0.2, 0) is 36.7 Å². The molecular formula is C43H53IrN2O2S3-. The zero-order valence-electron chi connectivity index (χ0n) is 32.0. The second-order valence-electron chi connectivity index (χ2n) is 15.6. The summed E-state index contributed by atoms with van der Waals surface area (Å²) in [5, 5.41) is 18.5. The topological polar surface area (TPSA) is 63.1 Å². The van der Waals surface area contributed by atoms with Crippen LogP contribution in [0.15, 0.2) is 53.2 Å². The molecule has 6 aromatic rings. The standard InChI is InChI=1S/C28H25N2S3.C15H28O2.Ir/c1-15(2)10-18-13-32-20-6-7-21-23(22(18)20)25-27(33-21)24(29-14-30-25)17-11-16-8-9-31-26(16)19(12-17)28(3,4)5;1-7-14(5,8-2)12(16)11-13(17)15(6,9-3)10-4;/h6-9,12-15H,10H2,1-5H3;11,16H,7-10H2,1-6H3;/q-1;;/b;12-11-;. The normalized spacial score (nSPS) is 12.9. The van der Waals surface area contributed by atoms with E-state index in [1.54, 1.807) is 17.7 Å². The molecule has 0 saturated carbocycles. The molecule has 51 heavy (non-hydrogen) atoms. The Morgan fingerprint density at radius 2 is 1.53 bits per heavy atom. The average molecular weight is 918 g/mol. The van der Waals surface area contributed by atoms with Gasteiger partial charge >= 0.3 is 0 Å². The summed E-state index contributed by atoms with van der Waals surface area (Å²) in [7, 11) is 0. The Hall–Kier alpha value is -2.48. The van der Waals surface area contributed by atoms with Crippen molar-refractivity contribution in [2.24, 2.45) is 16.7 Å². The fraction of sp³-hybridized carbons (Fsp3) is 0.465. The second kappa shape index (κ2) is 16.3. The van der Waals surface area contributed by atoms with Crippen LogP contribution >= 0.6 is 34.0 Å². The summed E-state index contributed by atoms with van der Waals surface area (Å²) in [6.07, 6.45) is 7.58. The van der Waals surface area contributed by atoms with Crippen molar-refractivity contribution in [1.29, 1.82) is 0 Å². The molecular weight excluding hydrogens is 865 g/mol. The van der Waals surface area contributed by atoms with E-state index in [0.29, 0.717) is 5.92 Å². The molecule has 4 aromatic heterocycles. The molecule has 275 valence electrons. The SMILES string of the molecule is CC(C)Cc1csc2ccc3sc4c(-c5[c-]c6ccsc6c(C(C)(C)C)c5)ncnc4c3c12.CCC(C)(CC)C(=O)/C=C(\O)C(C)(CC)CC.[Ir]. The van der Waals surface area contributed by atoms with Crippen LogP contribution in [-0.4, -0.2) is 20.9 Å². The number of rotatable bonds is 10. The Labute approximate surface area is 330 Å². The summed E-state index contributed by atoms with van der Waals surface area (Å²) in [5.41, 5.74) is 5.38. The molecule has 0 aliphatic carbocycles. The van der Waals surface area contributed by atoms with Crippen molar-refractivity contribution >= 4 is 80.3 Å². The number of fused-ring (bicyclic) bond motifs is 6. The van der Waals surface area contributed by atoms with Gasteiger partial charge in [-0.3, -0.25) is 9.78 Å². The van der Waals surface area contributed by atoms with Crippen molar-refractivity contribution in [3.63, 3.8) is 0 Å². The van der Waals surface area contributed by atoms with Crippen LogP contribution in [0.25, 0.3) is 51.7 Å². The van der Waals surface area contributed by atoms with Crippen molar-refractivity contribution in [1.82, 2.24) is 9.97 Å². The van der Waals surface area contributed by atoms with Crippen molar-refractivity contribution in [2.75, 3.05) is 0 Å². The van der Waals surface area contributed by atoms with Crippen molar-refractivity contribution < 1.29 is 30.0 Å². The Kier molecular flexibility index (Phi) is 13.2. The van der Waals surface area contributed by atoms with E-state index in [1.807, 2.05) is 64.2 Å². The Morgan fingerprint density at radius 1 is 0.882 bits per heavy atom. The molecule has 0 bridgehead atoms. The Morgan fingerprint density at radius 3 is 2.14 bits per heavy atom. The molecule has 0 spiro atoms. The Balaban J connectivity index is 0.000000279. The fourth-order valence-electron chi connectivity index (χ4n) is 6.41. The molecule has 4 heterocycles. The fourth-order valence-corrected chi connectivity index (χ4v) is 9.64. The van der Waals surface area contributed by atoms with E-state index in [4.69, 9.17) is 9.97 Å². The molecule has 0 saturated heterocycles. The number of hydrogen-bond acceptors (Lipinski definition) is 7. The number of aliphatic hydroxyl groups excluding tert-OH is 1. The molecule has 4 nitrogen and oxygen atoms in total. The molecule has 0 aliphatic heterocycles. The molecule has 2 aromatic carbocycles. The van der Waals surface area contributed by atoms with Crippen molar-refractivity contribution in [3.8, 4) is 11.3 Å². The third kappa shape index (κ3) is 8.21. The maximum Gasteiger partial charge on any atom is 0.164 e. The molecule has 0 atom stereocenters. The molecule has 1 N–H and O–H groups in total. The molecule has 0 fully saturated rings. The number of allylic oxidation sites excluding steroid dienone is 2. The molecule has 1 radical (unpaired) electrons. The first-order chi connectivity index (χ1) is 23.6. The van der Waals surface area contributed by atoms with E-state index >= 15 is 0 Å². The van der Waals surface area contributed by atoms with Gasteiger partial charge in [-0.1, -0.05) is 87.3 Å². The molecule has 6 rings (SSSR count). The quantitative estimate of drug-likeness (QED) is 0.0845. The molecule has 8 heteroatoms. The first-order valence-electron chi connectivity index (χ1n) is 18.1. The molecule has 0 aliphatic rings. The summed E-state index contributed by atoms with van der Waals surface area (Å²) in [5.74, 6) is 0.907. The third-order valence-corrected chi connectivity index (χ3v) is 13.9. The number of benzene rings is 2. The summed E-state index contributed by atoms with van der Waals surface area (Å²) >= 11 is 5.46. The number of aromatic nitrogens is 2. The van der Waals surface area contributed by atoms with Gasteiger partial charge in [-0.15, -0.1) is 46.3 Å². The molecule has 0 unspecified atom stereocenters. The number of hydrogen-bond donors (Lipinski definition) is 1. The monoisotopic (exact) mass is 918 g/mol. The first kappa shape index (κ1) is 41.3. The predicted octanol–water partition coefficient (Wildman–Crippen LogP) is 13.9.